The number of hydrogen-bond acceptors (Lipinski definition) is 5. The highest BCUT2D eigenvalue weighted by atomic mass is 16.5. The first kappa shape index (κ1) is 18.3. The van der Waals surface area contributed by atoms with E-state index >= 15 is 0 Å². The van der Waals surface area contributed by atoms with Gasteiger partial charge < -0.3 is 19.7 Å². The van der Waals surface area contributed by atoms with Gasteiger partial charge in [-0.15, -0.1) is 0 Å². The Labute approximate surface area is 163 Å². The van der Waals surface area contributed by atoms with E-state index in [9.17, 15) is 14.4 Å². The molecule has 1 aromatic carbocycles. The molecule has 3 heterocycles. The summed E-state index contributed by atoms with van der Waals surface area (Å²) in [6.07, 6.45) is 3.07. The van der Waals surface area contributed by atoms with E-state index in [0.717, 1.165) is 19.3 Å². The molecular weight excluding hydrogens is 362 g/mol. The van der Waals surface area contributed by atoms with Gasteiger partial charge in [-0.3, -0.25) is 9.69 Å². The Bertz CT molecular complexity index is 844. The number of ether oxygens (including phenoxy) is 2. The number of carbonyl (C=O) groups is 3. The fourth-order valence-corrected chi connectivity index (χ4v) is 4.00. The number of carbonyl (C=O) groups excluding carboxylic acids is 3. The Morgan fingerprint density at radius 1 is 1.21 bits per heavy atom. The van der Waals surface area contributed by atoms with Gasteiger partial charge in [-0.2, -0.15) is 0 Å². The van der Waals surface area contributed by atoms with Gasteiger partial charge in [0.15, 0.2) is 0 Å². The highest BCUT2D eigenvalue weighted by Crippen LogP contribution is 2.38. The summed E-state index contributed by atoms with van der Waals surface area (Å²) in [6, 6.07) is 6.12. The van der Waals surface area contributed by atoms with E-state index in [2.05, 4.69) is 5.32 Å². The molecule has 1 aromatic rings. The minimum Gasteiger partial charge on any atom is -0.496 e. The number of benzene rings is 1. The lowest BCUT2D eigenvalue weighted by Crippen LogP contribution is -2.51. The molecule has 1 N–H and O–H groups in total. The van der Waals surface area contributed by atoms with Crippen LogP contribution in [0.5, 0.6) is 5.75 Å². The van der Waals surface area contributed by atoms with Gasteiger partial charge in [0, 0.05) is 18.7 Å². The lowest BCUT2D eigenvalue weighted by molar-refractivity contribution is -0.136. The smallest absolute Gasteiger partial charge is 0.338 e. The molecule has 0 aromatic heterocycles. The molecule has 28 heavy (non-hydrogen) atoms. The average Bonchev–Trinajstić information content (AvgIpc) is 3.12. The summed E-state index contributed by atoms with van der Waals surface area (Å²) in [5, 5.41) is 2.85. The summed E-state index contributed by atoms with van der Waals surface area (Å²) in [7, 11) is 1.54. The SMILES string of the molecule is COc1ccccc1[C@H]1NC(=O)N(CC(=O)N2CCCCC2)C2=C1C(=O)OC2. The summed E-state index contributed by atoms with van der Waals surface area (Å²) in [5.74, 6) is -0.0321. The molecule has 8 heteroatoms. The molecule has 8 nitrogen and oxygen atoms in total. The Kier molecular flexibility index (Phi) is 4.93. The van der Waals surface area contributed by atoms with Crippen molar-refractivity contribution in [1.82, 2.24) is 15.1 Å². The zero-order valence-corrected chi connectivity index (χ0v) is 15.8. The first-order chi connectivity index (χ1) is 13.6. The number of methoxy groups -OCH3 is 1. The number of rotatable bonds is 4. The molecule has 0 bridgehead atoms. The molecule has 1 atom stereocenters. The topological polar surface area (TPSA) is 88.2 Å². The molecule has 148 valence electrons. The lowest BCUT2D eigenvalue weighted by Gasteiger charge is -2.35. The van der Waals surface area contributed by atoms with Crippen LogP contribution in [0, 0.1) is 0 Å². The van der Waals surface area contributed by atoms with E-state index in [1.807, 2.05) is 12.1 Å². The van der Waals surface area contributed by atoms with Crippen molar-refractivity contribution in [3.05, 3.63) is 41.1 Å². The molecule has 3 aliphatic heterocycles. The van der Waals surface area contributed by atoms with Crippen molar-refractivity contribution in [3.8, 4) is 5.75 Å². The van der Waals surface area contributed by atoms with Crippen molar-refractivity contribution < 1.29 is 23.9 Å². The zero-order valence-electron chi connectivity index (χ0n) is 15.8. The molecule has 3 amide bonds. The number of nitrogens with one attached hydrogen (secondary N) is 1. The van der Waals surface area contributed by atoms with Gasteiger partial charge in [0.1, 0.15) is 18.9 Å². The van der Waals surface area contributed by atoms with Crippen molar-refractivity contribution in [3.63, 3.8) is 0 Å². The molecule has 0 saturated carbocycles. The van der Waals surface area contributed by atoms with E-state index in [4.69, 9.17) is 9.47 Å². The minimum absolute atomic E-state index is 0.0134. The van der Waals surface area contributed by atoms with Crippen LogP contribution in [0.4, 0.5) is 4.79 Å². The van der Waals surface area contributed by atoms with Gasteiger partial charge >= 0.3 is 12.0 Å². The summed E-state index contributed by atoms with van der Waals surface area (Å²) < 4.78 is 10.6. The highest BCUT2D eigenvalue weighted by Gasteiger charge is 2.43. The highest BCUT2D eigenvalue weighted by molar-refractivity contribution is 5.98. The van der Waals surface area contributed by atoms with Crippen molar-refractivity contribution >= 4 is 17.9 Å². The molecule has 0 aliphatic carbocycles. The second kappa shape index (κ2) is 7.53. The van der Waals surface area contributed by atoms with Crippen LogP contribution < -0.4 is 10.1 Å². The van der Waals surface area contributed by atoms with Crippen molar-refractivity contribution in [2.45, 2.75) is 25.3 Å². The van der Waals surface area contributed by atoms with Gasteiger partial charge in [-0.05, 0) is 25.3 Å². The van der Waals surface area contributed by atoms with Crippen LogP contribution in [0.25, 0.3) is 0 Å². The minimum atomic E-state index is -0.671. The van der Waals surface area contributed by atoms with Crippen LogP contribution in [0.2, 0.25) is 0 Å². The molecule has 3 aliphatic rings. The molecule has 0 unspecified atom stereocenters. The fraction of sp³-hybridized carbons (Fsp3) is 0.450. The van der Waals surface area contributed by atoms with Crippen LogP contribution in [-0.2, 0) is 14.3 Å². The van der Waals surface area contributed by atoms with E-state index in [-0.39, 0.29) is 19.1 Å². The van der Waals surface area contributed by atoms with Gasteiger partial charge in [0.25, 0.3) is 0 Å². The number of para-hydroxylation sites is 1. The van der Waals surface area contributed by atoms with Gasteiger partial charge in [-0.25, -0.2) is 9.59 Å². The second-order valence-electron chi connectivity index (χ2n) is 7.09. The Morgan fingerprint density at radius 3 is 2.71 bits per heavy atom. The standard InChI is InChI=1S/C20H23N3O5/c1-27-15-8-4-3-7-13(15)18-17-14(12-28-19(17)25)23(20(26)21-18)11-16(24)22-9-5-2-6-10-22/h3-4,7-8,18H,2,5-6,9-12H2,1H3,(H,21,26)/t18-/m1/s1. The number of piperidine rings is 1. The Hall–Kier alpha value is -3.03. The van der Waals surface area contributed by atoms with Crippen LogP contribution in [0.15, 0.2) is 35.5 Å². The number of hydrogen-bond donors (Lipinski definition) is 1. The third-order valence-corrected chi connectivity index (χ3v) is 5.45. The third kappa shape index (κ3) is 3.19. The largest absolute Gasteiger partial charge is 0.496 e. The van der Waals surface area contributed by atoms with Crippen LogP contribution in [-0.4, -0.2) is 61.1 Å². The van der Waals surface area contributed by atoms with Gasteiger partial charge in [-0.1, -0.05) is 18.2 Å². The van der Waals surface area contributed by atoms with Gasteiger partial charge in [0.05, 0.1) is 24.4 Å². The Balaban J connectivity index is 1.65. The first-order valence-corrected chi connectivity index (χ1v) is 9.49. The molecule has 1 fully saturated rings. The molecule has 1 saturated heterocycles. The molecule has 4 rings (SSSR count). The van der Waals surface area contributed by atoms with Crippen LogP contribution in [0.1, 0.15) is 30.9 Å². The van der Waals surface area contributed by atoms with Crippen molar-refractivity contribution in [1.29, 1.82) is 0 Å². The molecule has 0 spiro atoms. The van der Waals surface area contributed by atoms with E-state index in [1.165, 1.54) is 12.0 Å². The maximum Gasteiger partial charge on any atom is 0.338 e. The summed E-state index contributed by atoms with van der Waals surface area (Å²) in [5.41, 5.74) is 1.48. The molecule has 0 radical (unpaired) electrons. The van der Waals surface area contributed by atoms with Crippen molar-refractivity contribution in [2.24, 2.45) is 0 Å². The molecular formula is C20H23N3O5. The maximum absolute atomic E-state index is 12.8. The number of urea groups is 1. The number of amides is 3. The van der Waals surface area contributed by atoms with Gasteiger partial charge in [0.2, 0.25) is 5.91 Å². The normalized spacial score (nSPS) is 22.0. The average molecular weight is 385 g/mol. The maximum atomic E-state index is 12.8. The Morgan fingerprint density at radius 2 is 1.96 bits per heavy atom. The predicted octanol–water partition coefficient (Wildman–Crippen LogP) is 1.58. The quantitative estimate of drug-likeness (QED) is 0.795. The van der Waals surface area contributed by atoms with E-state index in [1.54, 1.807) is 17.0 Å². The lowest BCUT2D eigenvalue weighted by atomic mass is 9.95. The number of esters is 1. The number of cyclic esters (lactones) is 1. The second-order valence-corrected chi connectivity index (χ2v) is 7.09. The summed E-state index contributed by atoms with van der Waals surface area (Å²) >= 11 is 0. The summed E-state index contributed by atoms with van der Waals surface area (Å²) in [4.78, 5) is 41.1. The summed E-state index contributed by atoms with van der Waals surface area (Å²) in [6.45, 7) is 1.30. The number of likely N-dealkylation sites (tertiary alicyclic amines) is 1. The monoisotopic (exact) mass is 385 g/mol. The first-order valence-electron chi connectivity index (χ1n) is 9.49. The fourth-order valence-electron chi connectivity index (χ4n) is 4.00. The zero-order chi connectivity index (χ0) is 19.7. The third-order valence-electron chi connectivity index (χ3n) is 5.45. The number of nitrogens with zero attached hydrogens (tertiary/aromatic N) is 2. The van der Waals surface area contributed by atoms with Crippen LogP contribution in [0.3, 0.4) is 0 Å². The van der Waals surface area contributed by atoms with Crippen molar-refractivity contribution in [2.75, 3.05) is 33.4 Å². The van der Waals surface area contributed by atoms with E-state index < -0.39 is 18.0 Å². The van der Waals surface area contributed by atoms with E-state index in [0.29, 0.717) is 35.7 Å². The van der Waals surface area contributed by atoms with Crippen LogP contribution >= 0.6 is 0 Å². The predicted molar refractivity (Wildman–Crippen MR) is 99.4 cm³/mol.